The van der Waals surface area contributed by atoms with E-state index in [0.29, 0.717) is 12.4 Å². The molecule has 1 fully saturated rings. The molecule has 0 saturated carbocycles. The molecule has 116 valence electrons. The second-order valence-electron chi connectivity index (χ2n) is 5.72. The minimum Gasteiger partial charge on any atom is -0.493 e. The number of aromatic carboxylic acids is 1. The number of rotatable bonds is 6. The Labute approximate surface area is 130 Å². The molecule has 0 bridgehead atoms. The lowest BCUT2D eigenvalue weighted by molar-refractivity contribution is 0.0694. The number of fused-ring (bicyclic) bond motifs is 1. The van der Waals surface area contributed by atoms with Crippen molar-refractivity contribution in [2.45, 2.75) is 19.3 Å². The average Bonchev–Trinajstić information content (AvgIpc) is 3.04. The number of carboxylic acids is 1. The molecular formula is C18H21NO3. The van der Waals surface area contributed by atoms with E-state index in [1.54, 1.807) is 6.07 Å². The second-order valence-corrected chi connectivity index (χ2v) is 5.72. The minimum absolute atomic E-state index is 0.263. The molecule has 0 amide bonds. The van der Waals surface area contributed by atoms with Gasteiger partial charge in [0.1, 0.15) is 11.3 Å². The Morgan fingerprint density at radius 1 is 1.14 bits per heavy atom. The van der Waals surface area contributed by atoms with Gasteiger partial charge in [0.2, 0.25) is 0 Å². The van der Waals surface area contributed by atoms with Crippen molar-refractivity contribution in [2.24, 2.45) is 0 Å². The van der Waals surface area contributed by atoms with E-state index < -0.39 is 5.97 Å². The molecule has 1 N–H and O–H groups in total. The predicted molar refractivity (Wildman–Crippen MR) is 86.7 cm³/mol. The molecule has 0 aromatic heterocycles. The van der Waals surface area contributed by atoms with Crippen molar-refractivity contribution in [3.63, 3.8) is 0 Å². The third-order valence-corrected chi connectivity index (χ3v) is 4.18. The van der Waals surface area contributed by atoms with Gasteiger partial charge in [-0.05, 0) is 49.2 Å². The highest BCUT2D eigenvalue weighted by Crippen LogP contribution is 2.28. The zero-order valence-electron chi connectivity index (χ0n) is 12.6. The summed E-state index contributed by atoms with van der Waals surface area (Å²) in [7, 11) is 0. The first-order valence-electron chi connectivity index (χ1n) is 7.86. The van der Waals surface area contributed by atoms with Crippen LogP contribution in [0.2, 0.25) is 0 Å². The van der Waals surface area contributed by atoms with E-state index in [9.17, 15) is 9.90 Å². The summed E-state index contributed by atoms with van der Waals surface area (Å²) in [6, 6.07) is 11.2. The first-order chi connectivity index (χ1) is 10.8. The van der Waals surface area contributed by atoms with Crippen molar-refractivity contribution >= 4 is 16.7 Å². The van der Waals surface area contributed by atoms with Gasteiger partial charge in [-0.15, -0.1) is 0 Å². The van der Waals surface area contributed by atoms with Gasteiger partial charge in [-0.1, -0.05) is 30.3 Å². The highest BCUT2D eigenvalue weighted by molar-refractivity contribution is 6.06. The van der Waals surface area contributed by atoms with Gasteiger partial charge in [0, 0.05) is 6.54 Å². The zero-order valence-corrected chi connectivity index (χ0v) is 12.6. The summed E-state index contributed by atoms with van der Waals surface area (Å²) in [6.45, 7) is 3.93. The molecule has 4 heteroatoms. The monoisotopic (exact) mass is 299 g/mol. The van der Waals surface area contributed by atoms with Gasteiger partial charge < -0.3 is 14.7 Å². The van der Waals surface area contributed by atoms with Crippen LogP contribution in [-0.4, -0.2) is 42.2 Å². The molecule has 0 aliphatic carbocycles. The van der Waals surface area contributed by atoms with Crippen LogP contribution in [0.15, 0.2) is 36.4 Å². The zero-order chi connectivity index (χ0) is 15.4. The molecule has 0 radical (unpaired) electrons. The maximum Gasteiger partial charge on any atom is 0.340 e. The van der Waals surface area contributed by atoms with Crippen molar-refractivity contribution in [3.05, 3.63) is 42.0 Å². The lowest BCUT2D eigenvalue weighted by Crippen LogP contribution is -2.22. The lowest BCUT2D eigenvalue weighted by atomic mass is 10.0. The van der Waals surface area contributed by atoms with E-state index in [-0.39, 0.29) is 5.56 Å². The van der Waals surface area contributed by atoms with Crippen LogP contribution in [0.25, 0.3) is 10.8 Å². The Kier molecular flexibility index (Phi) is 4.59. The van der Waals surface area contributed by atoms with Crippen molar-refractivity contribution < 1.29 is 14.6 Å². The smallest absolute Gasteiger partial charge is 0.340 e. The number of ether oxygens (including phenoxy) is 1. The van der Waals surface area contributed by atoms with Crippen LogP contribution in [0.1, 0.15) is 29.6 Å². The van der Waals surface area contributed by atoms with Gasteiger partial charge >= 0.3 is 5.97 Å². The topological polar surface area (TPSA) is 49.8 Å². The van der Waals surface area contributed by atoms with E-state index in [1.807, 2.05) is 30.3 Å². The van der Waals surface area contributed by atoms with Gasteiger partial charge in [-0.2, -0.15) is 0 Å². The Morgan fingerprint density at radius 2 is 1.91 bits per heavy atom. The summed E-state index contributed by atoms with van der Waals surface area (Å²) < 4.78 is 5.76. The normalized spacial score (nSPS) is 15.3. The molecule has 4 nitrogen and oxygen atoms in total. The van der Waals surface area contributed by atoms with Crippen LogP contribution >= 0.6 is 0 Å². The molecule has 1 saturated heterocycles. The molecular weight excluding hydrogens is 278 g/mol. The first-order valence-corrected chi connectivity index (χ1v) is 7.86. The van der Waals surface area contributed by atoms with Gasteiger partial charge in [0.05, 0.1) is 6.61 Å². The van der Waals surface area contributed by atoms with Crippen LogP contribution < -0.4 is 4.74 Å². The van der Waals surface area contributed by atoms with Crippen molar-refractivity contribution in [1.29, 1.82) is 0 Å². The summed E-state index contributed by atoms with van der Waals surface area (Å²) >= 11 is 0. The third-order valence-electron chi connectivity index (χ3n) is 4.18. The molecule has 2 aromatic rings. The molecule has 0 atom stereocenters. The minimum atomic E-state index is -0.939. The third kappa shape index (κ3) is 3.22. The van der Waals surface area contributed by atoms with E-state index in [1.165, 1.54) is 25.9 Å². The number of hydrogen-bond acceptors (Lipinski definition) is 3. The van der Waals surface area contributed by atoms with E-state index in [0.717, 1.165) is 23.7 Å². The van der Waals surface area contributed by atoms with Crippen LogP contribution in [0.4, 0.5) is 0 Å². The van der Waals surface area contributed by atoms with Crippen LogP contribution in [-0.2, 0) is 0 Å². The molecule has 1 aliphatic heterocycles. The fraction of sp³-hybridized carbons (Fsp3) is 0.389. The van der Waals surface area contributed by atoms with Crippen molar-refractivity contribution in [2.75, 3.05) is 26.2 Å². The Hall–Kier alpha value is -2.07. The molecule has 22 heavy (non-hydrogen) atoms. The number of carbonyl (C=O) groups is 1. The van der Waals surface area contributed by atoms with Gasteiger partial charge in [-0.25, -0.2) is 4.79 Å². The molecule has 3 rings (SSSR count). The molecule has 0 unspecified atom stereocenters. The van der Waals surface area contributed by atoms with Crippen LogP contribution in [0, 0.1) is 0 Å². The highest BCUT2D eigenvalue weighted by Gasteiger charge is 2.16. The highest BCUT2D eigenvalue weighted by atomic mass is 16.5. The van der Waals surface area contributed by atoms with Gasteiger partial charge in [0.15, 0.2) is 0 Å². The molecule has 2 aromatic carbocycles. The Balaban J connectivity index is 1.69. The SMILES string of the molecule is O=C(O)c1c(OCCCN2CCCC2)ccc2ccccc12. The fourth-order valence-electron chi connectivity index (χ4n) is 3.07. The second kappa shape index (κ2) is 6.79. The molecule has 1 heterocycles. The fourth-order valence-corrected chi connectivity index (χ4v) is 3.07. The largest absolute Gasteiger partial charge is 0.493 e. The number of hydrogen-bond donors (Lipinski definition) is 1. The summed E-state index contributed by atoms with van der Waals surface area (Å²) in [4.78, 5) is 14.0. The molecule has 0 spiro atoms. The summed E-state index contributed by atoms with van der Waals surface area (Å²) in [5.41, 5.74) is 0.263. The summed E-state index contributed by atoms with van der Waals surface area (Å²) in [5, 5.41) is 11.2. The first kappa shape index (κ1) is 14.9. The van der Waals surface area contributed by atoms with Gasteiger partial charge in [0.25, 0.3) is 0 Å². The maximum absolute atomic E-state index is 11.6. The number of benzene rings is 2. The quantitative estimate of drug-likeness (QED) is 0.831. The van der Waals surface area contributed by atoms with E-state index in [4.69, 9.17) is 4.74 Å². The number of likely N-dealkylation sites (tertiary alicyclic amines) is 1. The maximum atomic E-state index is 11.6. The van der Waals surface area contributed by atoms with Crippen LogP contribution in [0.5, 0.6) is 5.75 Å². The lowest BCUT2D eigenvalue weighted by Gasteiger charge is -2.15. The number of nitrogens with zero attached hydrogens (tertiary/aromatic N) is 1. The summed E-state index contributed by atoms with van der Waals surface area (Å²) in [5.74, 6) is -0.473. The Bertz CT molecular complexity index is 662. The summed E-state index contributed by atoms with van der Waals surface area (Å²) in [6.07, 6.45) is 3.50. The van der Waals surface area contributed by atoms with Gasteiger partial charge in [-0.3, -0.25) is 0 Å². The Morgan fingerprint density at radius 3 is 2.68 bits per heavy atom. The predicted octanol–water partition coefficient (Wildman–Crippen LogP) is 3.40. The van der Waals surface area contributed by atoms with Crippen molar-refractivity contribution in [3.8, 4) is 5.75 Å². The van der Waals surface area contributed by atoms with Crippen LogP contribution in [0.3, 0.4) is 0 Å². The van der Waals surface area contributed by atoms with E-state index >= 15 is 0 Å². The molecule has 1 aliphatic rings. The standard InChI is InChI=1S/C18H21NO3/c20-18(21)17-15-7-2-1-6-14(15)8-9-16(17)22-13-5-12-19-10-3-4-11-19/h1-2,6-9H,3-5,10-13H2,(H,20,21). The number of carboxylic acid groups (broad SMARTS) is 1. The average molecular weight is 299 g/mol. The van der Waals surface area contributed by atoms with Crippen molar-refractivity contribution in [1.82, 2.24) is 4.90 Å². The van der Waals surface area contributed by atoms with E-state index in [2.05, 4.69) is 4.90 Å².